The second-order valence-electron chi connectivity index (χ2n) is 4.66. The fourth-order valence-electron chi connectivity index (χ4n) is 2.36. The summed E-state index contributed by atoms with van der Waals surface area (Å²) in [6, 6.07) is -0.764. The van der Waals surface area contributed by atoms with Crippen molar-refractivity contribution in [3.05, 3.63) is 32.6 Å². The third-order valence-corrected chi connectivity index (χ3v) is 3.45. The molecule has 4 atom stereocenters. The maximum atomic E-state index is 13.6. The maximum absolute atomic E-state index is 13.6. The molecule has 1 aromatic rings. The van der Waals surface area contributed by atoms with Crippen molar-refractivity contribution in [1.29, 1.82) is 0 Å². The zero-order valence-corrected chi connectivity index (χ0v) is 9.84. The van der Waals surface area contributed by atoms with Crippen LogP contribution in [0.5, 0.6) is 0 Å². The highest BCUT2D eigenvalue weighted by atomic mass is 19.1. The van der Waals surface area contributed by atoms with Gasteiger partial charge in [-0.15, -0.1) is 0 Å². The quantitative estimate of drug-likeness (QED) is 0.640. The second-order valence-corrected chi connectivity index (χ2v) is 4.66. The Kier molecular flexibility index (Phi) is 3.36. The van der Waals surface area contributed by atoms with E-state index in [1.54, 1.807) is 0 Å². The van der Waals surface area contributed by atoms with E-state index in [0.29, 0.717) is 5.56 Å². The summed E-state index contributed by atoms with van der Waals surface area (Å²) in [6.07, 6.45) is -1.46. The molecule has 1 aromatic heterocycles. The Bertz CT molecular complexity index is 553. The first-order chi connectivity index (χ1) is 8.45. The molecule has 18 heavy (non-hydrogen) atoms. The molecular weight excluding hydrogens is 243 g/mol. The number of hydrogen-bond donors (Lipinski definition) is 3. The van der Waals surface area contributed by atoms with Crippen LogP contribution in [-0.4, -0.2) is 38.6 Å². The molecule has 0 bridgehead atoms. The van der Waals surface area contributed by atoms with Crippen molar-refractivity contribution >= 4 is 0 Å². The third-order valence-electron chi connectivity index (χ3n) is 3.45. The van der Waals surface area contributed by atoms with Gasteiger partial charge >= 0.3 is 5.69 Å². The first-order valence-corrected chi connectivity index (χ1v) is 5.70. The Morgan fingerprint density at radius 1 is 1.56 bits per heavy atom. The van der Waals surface area contributed by atoms with E-state index in [0.717, 1.165) is 4.57 Å². The lowest BCUT2D eigenvalue weighted by atomic mass is 10.1. The van der Waals surface area contributed by atoms with Gasteiger partial charge in [0, 0.05) is 24.3 Å². The number of nitrogens with one attached hydrogen (secondary N) is 1. The van der Waals surface area contributed by atoms with Gasteiger partial charge in [-0.2, -0.15) is 0 Å². The van der Waals surface area contributed by atoms with Crippen LogP contribution in [0.2, 0.25) is 0 Å². The minimum atomic E-state index is -1.57. The van der Waals surface area contributed by atoms with Gasteiger partial charge in [-0.1, -0.05) is 0 Å². The molecular formula is C11H15FN2O4. The Labute approximate surface area is 102 Å². The Morgan fingerprint density at radius 3 is 2.78 bits per heavy atom. The molecule has 0 spiro atoms. The minimum Gasteiger partial charge on any atom is -0.396 e. The van der Waals surface area contributed by atoms with Crippen LogP contribution in [0.25, 0.3) is 0 Å². The molecule has 4 unspecified atom stereocenters. The van der Waals surface area contributed by atoms with Crippen molar-refractivity contribution in [2.75, 3.05) is 6.61 Å². The fraction of sp³-hybridized carbons (Fsp3) is 0.636. The molecule has 100 valence electrons. The number of aromatic nitrogens is 2. The second kappa shape index (κ2) is 4.66. The van der Waals surface area contributed by atoms with Crippen LogP contribution in [0.4, 0.5) is 4.39 Å². The predicted molar refractivity (Wildman–Crippen MR) is 61.2 cm³/mol. The molecule has 0 aliphatic heterocycles. The number of aliphatic hydroxyl groups excluding tert-OH is 2. The van der Waals surface area contributed by atoms with Crippen LogP contribution in [0.3, 0.4) is 0 Å². The van der Waals surface area contributed by atoms with Gasteiger partial charge in [-0.3, -0.25) is 14.3 Å². The fourth-order valence-corrected chi connectivity index (χ4v) is 2.36. The molecule has 0 saturated heterocycles. The van der Waals surface area contributed by atoms with Crippen molar-refractivity contribution in [1.82, 2.24) is 9.55 Å². The van der Waals surface area contributed by atoms with Crippen molar-refractivity contribution in [3.63, 3.8) is 0 Å². The molecule has 1 aliphatic rings. The van der Waals surface area contributed by atoms with Crippen LogP contribution in [-0.2, 0) is 0 Å². The first kappa shape index (κ1) is 13.0. The van der Waals surface area contributed by atoms with E-state index in [4.69, 9.17) is 5.11 Å². The predicted octanol–water partition coefficient (Wildman–Crippen LogP) is -0.903. The summed E-state index contributed by atoms with van der Waals surface area (Å²) in [5, 5.41) is 18.7. The molecule has 0 radical (unpaired) electrons. The summed E-state index contributed by atoms with van der Waals surface area (Å²) < 4.78 is 14.8. The SMILES string of the molecule is Cc1cn(C2CC(CO)C(F)C2O)c(=O)[nH]c1=O. The average Bonchev–Trinajstić information content (AvgIpc) is 2.61. The van der Waals surface area contributed by atoms with E-state index >= 15 is 0 Å². The van der Waals surface area contributed by atoms with Crippen LogP contribution < -0.4 is 11.2 Å². The number of halogens is 1. The summed E-state index contributed by atoms with van der Waals surface area (Å²) in [5.41, 5.74) is -0.871. The molecule has 6 nitrogen and oxygen atoms in total. The molecule has 7 heteroatoms. The van der Waals surface area contributed by atoms with Crippen molar-refractivity contribution in [2.45, 2.75) is 31.7 Å². The van der Waals surface area contributed by atoms with Gasteiger partial charge in [0.15, 0.2) is 0 Å². The van der Waals surface area contributed by atoms with Gasteiger partial charge < -0.3 is 10.2 Å². The van der Waals surface area contributed by atoms with E-state index in [-0.39, 0.29) is 13.0 Å². The van der Waals surface area contributed by atoms with Crippen molar-refractivity contribution in [2.24, 2.45) is 5.92 Å². The van der Waals surface area contributed by atoms with Crippen LogP contribution in [0, 0.1) is 12.8 Å². The highest BCUT2D eigenvalue weighted by molar-refractivity contribution is 5.04. The highest BCUT2D eigenvalue weighted by Crippen LogP contribution is 2.36. The molecule has 0 amide bonds. The summed E-state index contributed by atoms with van der Waals surface area (Å²) >= 11 is 0. The molecule has 1 heterocycles. The maximum Gasteiger partial charge on any atom is 0.328 e. The minimum absolute atomic E-state index is 0.157. The number of nitrogens with zero attached hydrogens (tertiary/aromatic N) is 1. The lowest BCUT2D eigenvalue weighted by Gasteiger charge is -2.18. The summed E-state index contributed by atoms with van der Waals surface area (Å²) in [6.45, 7) is 1.14. The number of alkyl halides is 1. The average molecular weight is 258 g/mol. The van der Waals surface area contributed by atoms with Crippen LogP contribution in [0.1, 0.15) is 18.0 Å². The van der Waals surface area contributed by atoms with Crippen molar-refractivity contribution < 1.29 is 14.6 Å². The number of hydrogen-bond acceptors (Lipinski definition) is 4. The van der Waals surface area contributed by atoms with E-state index in [9.17, 15) is 19.1 Å². The summed E-state index contributed by atoms with van der Waals surface area (Å²) in [7, 11) is 0. The topological polar surface area (TPSA) is 95.3 Å². The van der Waals surface area contributed by atoms with E-state index in [1.165, 1.54) is 13.1 Å². The van der Waals surface area contributed by atoms with Gasteiger partial charge in [0.2, 0.25) is 0 Å². The Morgan fingerprint density at radius 2 is 2.22 bits per heavy atom. The monoisotopic (exact) mass is 258 g/mol. The summed E-state index contributed by atoms with van der Waals surface area (Å²) in [5.74, 6) is -0.691. The Balaban J connectivity index is 2.42. The van der Waals surface area contributed by atoms with Gasteiger partial charge in [0.1, 0.15) is 12.3 Å². The number of aromatic amines is 1. The number of rotatable bonds is 2. The Hall–Kier alpha value is -1.47. The lowest BCUT2D eigenvalue weighted by molar-refractivity contribution is 0.0494. The smallest absolute Gasteiger partial charge is 0.328 e. The van der Waals surface area contributed by atoms with Crippen LogP contribution in [0.15, 0.2) is 15.8 Å². The van der Waals surface area contributed by atoms with Gasteiger partial charge in [-0.25, -0.2) is 9.18 Å². The largest absolute Gasteiger partial charge is 0.396 e. The lowest BCUT2D eigenvalue weighted by Crippen LogP contribution is -2.37. The zero-order valence-electron chi connectivity index (χ0n) is 9.84. The van der Waals surface area contributed by atoms with Crippen LogP contribution >= 0.6 is 0 Å². The molecule has 3 N–H and O–H groups in total. The normalized spacial score (nSPS) is 31.8. The highest BCUT2D eigenvalue weighted by Gasteiger charge is 2.43. The molecule has 1 aliphatic carbocycles. The number of aliphatic hydroxyl groups is 2. The first-order valence-electron chi connectivity index (χ1n) is 5.70. The third kappa shape index (κ3) is 1.99. The standard InChI is InChI=1S/C11H15FN2O4/c1-5-3-14(11(18)13-10(5)17)7-2-6(4-15)8(12)9(7)16/h3,6-9,15-16H,2,4H2,1H3,(H,13,17,18). The summed E-state index contributed by atoms with van der Waals surface area (Å²) in [4.78, 5) is 25.0. The van der Waals surface area contributed by atoms with Gasteiger partial charge in [-0.05, 0) is 13.3 Å². The molecule has 0 aromatic carbocycles. The number of H-pyrrole nitrogens is 1. The van der Waals surface area contributed by atoms with Gasteiger partial charge in [0.25, 0.3) is 5.56 Å². The van der Waals surface area contributed by atoms with E-state index in [2.05, 4.69) is 4.98 Å². The zero-order chi connectivity index (χ0) is 13.4. The molecule has 1 saturated carbocycles. The molecule has 2 rings (SSSR count). The van der Waals surface area contributed by atoms with E-state index in [1.807, 2.05) is 0 Å². The molecule has 1 fully saturated rings. The number of aryl methyl sites for hydroxylation is 1. The van der Waals surface area contributed by atoms with Gasteiger partial charge in [0.05, 0.1) is 6.04 Å². The van der Waals surface area contributed by atoms with Crippen molar-refractivity contribution in [3.8, 4) is 0 Å². The van der Waals surface area contributed by atoms with E-state index < -0.39 is 35.5 Å².